The average Bonchev–Trinajstić information content (AvgIpc) is 2.40. The van der Waals surface area contributed by atoms with E-state index in [1.54, 1.807) is 0 Å². The van der Waals surface area contributed by atoms with Gasteiger partial charge < -0.3 is 20.1 Å². The Kier molecular flexibility index (Phi) is 5.49. The monoisotopic (exact) mass is 298 g/mol. The minimum Gasteiger partial charge on any atom is -0.444 e. The fourth-order valence-electron chi connectivity index (χ4n) is 3.13. The van der Waals surface area contributed by atoms with E-state index in [-0.39, 0.29) is 12.2 Å². The molecule has 1 saturated carbocycles. The number of likely N-dealkylation sites (tertiary alicyclic amines) is 1. The molecule has 5 nitrogen and oxygen atoms in total. The van der Waals surface area contributed by atoms with Crippen molar-refractivity contribution in [1.29, 1.82) is 0 Å². The molecule has 2 rings (SSSR count). The molecule has 0 radical (unpaired) electrons. The number of carbonyl (C=O) groups is 1. The third-order valence-corrected chi connectivity index (χ3v) is 4.31. The van der Waals surface area contributed by atoms with Gasteiger partial charge in [0.05, 0.1) is 6.10 Å². The molecular weight excluding hydrogens is 268 g/mol. The van der Waals surface area contributed by atoms with E-state index < -0.39 is 5.60 Å². The zero-order chi connectivity index (χ0) is 15.5. The molecule has 2 N–H and O–H groups in total. The summed E-state index contributed by atoms with van der Waals surface area (Å²) < 4.78 is 5.41. The van der Waals surface area contributed by atoms with Gasteiger partial charge in [-0.15, -0.1) is 0 Å². The van der Waals surface area contributed by atoms with Crippen molar-refractivity contribution >= 4 is 6.09 Å². The van der Waals surface area contributed by atoms with Gasteiger partial charge in [0.15, 0.2) is 0 Å². The molecule has 5 heteroatoms. The average molecular weight is 298 g/mol. The molecule has 1 heterocycles. The molecule has 1 amide bonds. The Bertz CT molecular complexity index is 338. The summed E-state index contributed by atoms with van der Waals surface area (Å²) in [5.41, 5.74) is -0.422. The van der Waals surface area contributed by atoms with Crippen LogP contribution in [-0.2, 0) is 4.74 Å². The van der Waals surface area contributed by atoms with Crippen molar-refractivity contribution in [3.63, 3.8) is 0 Å². The lowest BCUT2D eigenvalue weighted by molar-refractivity contribution is 0.0191. The number of rotatable bonds is 2. The van der Waals surface area contributed by atoms with Gasteiger partial charge in [0, 0.05) is 25.2 Å². The summed E-state index contributed by atoms with van der Waals surface area (Å²) in [6.45, 7) is 7.23. The second kappa shape index (κ2) is 6.97. The summed E-state index contributed by atoms with van der Waals surface area (Å²) in [5, 5.41) is 13.2. The van der Waals surface area contributed by atoms with E-state index >= 15 is 0 Å². The first-order chi connectivity index (χ1) is 9.83. The molecule has 0 spiro atoms. The minimum absolute atomic E-state index is 0.0999. The standard InChI is InChI=1S/C16H30N2O3/c1-16(2,3)21-15(20)18-10-8-13(9-11-18)17-12-4-6-14(19)7-5-12/h12-14,17,19H,4-11H2,1-3H3. The van der Waals surface area contributed by atoms with Gasteiger partial charge in [-0.05, 0) is 59.3 Å². The number of hydrogen-bond acceptors (Lipinski definition) is 4. The normalized spacial score (nSPS) is 28.5. The molecule has 0 bridgehead atoms. The van der Waals surface area contributed by atoms with E-state index in [4.69, 9.17) is 4.74 Å². The molecule has 2 aliphatic rings. The van der Waals surface area contributed by atoms with E-state index in [1.165, 1.54) is 0 Å². The van der Waals surface area contributed by atoms with Crippen molar-refractivity contribution in [3.05, 3.63) is 0 Å². The lowest BCUT2D eigenvalue weighted by Crippen LogP contribution is -2.49. The van der Waals surface area contributed by atoms with E-state index in [0.29, 0.717) is 12.1 Å². The highest BCUT2D eigenvalue weighted by Gasteiger charge is 2.28. The maximum atomic E-state index is 12.0. The van der Waals surface area contributed by atoms with Gasteiger partial charge in [-0.3, -0.25) is 0 Å². The molecule has 2 fully saturated rings. The number of nitrogens with zero attached hydrogens (tertiary/aromatic N) is 1. The van der Waals surface area contributed by atoms with Gasteiger partial charge in [-0.2, -0.15) is 0 Å². The number of amides is 1. The molecule has 0 aromatic carbocycles. The second-order valence-electron chi connectivity index (χ2n) is 7.41. The molecule has 1 aliphatic heterocycles. The number of aliphatic hydroxyl groups is 1. The Labute approximate surface area is 128 Å². The quantitative estimate of drug-likeness (QED) is 0.821. The SMILES string of the molecule is CC(C)(C)OC(=O)N1CCC(NC2CCC(O)CC2)CC1. The Balaban J connectivity index is 1.69. The van der Waals surface area contributed by atoms with Gasteiger partial charge in [0.2, 0.25) is 0 Å². The van der Waals surface area contributed by atoms with Crippen molar-refractivity contribution in [2.75, 3.05) is 13.1 Å². The van der Waals surface area contributed by atoms with Crippen LogP contribution in [0.5, 0.6) is 0 Å². The highest BCUT2D eigenvalue weighted by Crippen LogP contribution is 2.21. The number of carbonyl (C=O) groups excluding carboxylic acids is 1. The minimum atomic E-state index is -0.422. The maximum absolute atomic E-state index is 12.0. The smallest absolute Gasteiger partial charge is 0.410 e. The molecular formula is C16H30N2O3. The molecule has 0 aromatic rings. The van der Waals surface area contributed by atoms with Crippen molar-refractivity contribution in [3.8, 4) is 0 Å². The summed E-state index contributed by atoms with van der Waals surface area (Å²) in [7, 11) is 0. The van der Waals surface area contributed by atoms with Crippen LogP contribution in [0.4, 0.5) is 4.79 Å². The predicted molar refractivity (Wildman–Crippen MR) is 82.2 cm³/mol. The molecule has 0 unspecified atom stereocenters. The first kappa shape index (κ1) is 16.6. The van der Waals surface area contributed by atoms with Crippen molar-refractivity contribution in [2.24, 2.45) is 0 Å². The van der Waals surface area contributed by atoms with Crippen LogP contribution in [0.1, 0.15) is 59.3 Å². The molecule has 1 saturated heterocycles. The van der Waals surface area contributed by atoms with Crippen LogP contribution in [0.2, 0.25) is 0 Å². The summed E-state index contributed by atoms with van der Waals surface area (Å²) in [6, 6.07) is 1.02. The van der Waals surface area contributed by atoms with Crippen molar-refractivity contribution in [2.45, 2.75) is 83.1 Å². The number of piperidine rings is 1. The molecule has 21 heavy (non-hydrogen) atoms. The van der Waals surface area contributed by atoms with Crippen molar-refractivity contribution in [1.82, 2.24) is 10.2 Å². The van der Waals surface area contributed by atoms with Crippen LogP contribution >= 0.6 is 0 Å². The third kappa shape index (κ3) is 5.47. The topological polar surface area (TPSA) is 61.8 Å². The number of nitrogens with one attached hydrogen (secondary N) is 1. The summed E-state index contributed by atoms with van der Waals surface area (Å²) in [5.74, 6) is 0. The maximum Gasteiger partial charge on any atom is 0.410 e. The predicted octanol–water partition coefficient (Wildman–Crippen LogP) is 2.28. The molecule has 1 aliphatic carbocycles. The largest absolute Gasteiger partial charge is 0.444 e. The van der Waals surface area contributed by atoms with Gasteiger partial charge in [0.25, 0.3) is 0 Å². The Morgan fingerprint density at radius 1 is 1.05 bits per heavy atom. The molecule has 122 valence electrons. The van der Waals surface area contributed by atoms with Gasteiger partial charge in [-0.1, -0.05) is 0 Å². The zero-order valence-electron chi connectivity index (χ0n) is 13.6. The summed E-state index contributed by atoms with van der Waals surface area (Å²) in [6.07, 6.45) is 5.62. The Morgan fingerprint density at radius 3 is 2.10 bits per heavy atom. The molecule has 0 aromatic heterocycles. The summed E-state index contributed by atoms with van der Waals surface area (Å²) in [4.78, 5) is 13.8. The van der Waals surface area contributed by atoms with Crippen LogP contribution in [0, 0.1) is 0 Å². The highest BCUT2D eigenvalue weighted by molar-refractivity contribution is 5.68. The number of ether oxygens (including phenoxy) is 1. The Morgan fingerprint density at radius 2 is 1.57 bits per heavy atom. The Hall–Kier alpha value is -0.810. The molecule has 0 atom stereocenters. The fraction of sp³-hybridized carbons (Fsp3) is 0.938. The fourth-order valence-corrected chi connectivity index (χ4v) is 3.13. The summed E-state index contributed by atoms with van der Waals surface area (Å²) >= 11 is 0. The van der Waals surface area contributed by atoms with Crippen LogP contribution in [0.25, 0.3) is 0 Å². The van der Waals surface area contributed by atoms with Crippen LogP contribution < -0.4 is 5.32 Å². The lowest BCUT2D eigenvalue weighted by atomic mass is 9.91. The number of hydrogen-bond donors (Lipinski definition) is 2. The van der Waals surface area contributed by atoms with Crippen LogP contribution in [-0.4, -0.2) is 53.0 Å². The van der Waals surface area contributed by atoms with E-state index in [9.17, 15) is 9.90 Å². The number of aliphatic hydroxyl groups excluding tert-OH is 1. The van der Waals surface area contributed by atoms with Gasteiger partial charge in [-0.25, -0.2) is 4.79 Å². The first-order valence-electron chi connectivity index (χ1n) is 8.25. The van der Waals surface area contributed by atoms with Gasteiger partial charge in [0.1, 0.15) is 5.60 Å². The lowest BCUT2D eigenvalue weighted by Gasteiger charge is -2.36. The van der Waals surface area contributed by atoms with E-state index in [1.807, 2.05) is 25.7 Å². The van der Waals surface area contributed by atoms with Crippen LogP contribution in [0.3, 0.4) is 0 Å². The third-order valence-electron chi connectivity index (χ3n) is 4.31. The zero-order valence-corrected chi connectivity index (χ0v) is 13.6. The van der Waals surface area contributed by atoms with E-state index in [2.05, 4.69) is 5.32 Å². The van der Waals surface area contributed by atoms with Gasteiger partial charge >= 0.3 is 6.09 Å². The highest BCUT2D eigenvalue weighted by atomic mass is 16.6. The van der Waals surface area contributed by atoms with E-state index in [0.717, 1.165) is 51.6 Å². The first-order valence-corrected chi connectivity index (χ1v) is 8.25. The van der Waals surface area contributed by atoms with Crippen molar-refractivity contribution < 1.29 is 14.6 Å². The second-order valence-corrected chi connectivity index (χ2v) is 7.41. The van der Waals surface area contributed by atoms with Crippen LogP contribution in [0.15, 0.2) is 0 Å².